The monoisotopic (exact) mass is 291 g/mol. The molecule has 0 aliphatic heterocycles. The van der Waals surface area contributed by atoms with Crippen molar-refractivity contribution in [2.75, 3.05) is 6.54 Å². The maximum absolute atomic E-state index is 11.9. The molecule has 0 aliphatic rings. The van der Waals surface area contributed by atoms with Crippen molar-refractivity contribution < 1.29 is 9.59 Å². The van der Waals surface area contributed by atoms with E-state index in [0.29, 0.717) is 6.54 Å². The van der Waals surface area contributed by atoms with Crippen molar-refractivity contribution in [2.45, 2.75) is 45.7 Å². The minimum Gasteiger partial charge on any atom is -0.354 e. The zero-order chi connectivity index (χ0) is 15.8. The van der Waals surface area contributed by atoms with Gasteiger partial charge in [0.1, 0.15) is 6.04 Å². The van der Waals surface area contributed by atoms with Crippen LogP contribution in [0.15, 0.2) is 24.3 Å². The lowest BCUT2D eigenvalue weighted by Crippen LogP contribution is -2.38. The fourth-order valence-corrected chi connectivity index (χ4v) is 1.78. The van der Waals surface area contributed by atoms with Crippen LogP contribution in [0.1, 0.15) is 43.9 Å². The number of nitrogens with one attached hydrogen (secondary N) is 2. The minimum absolute atomic E-state index is 0.0615. The number of nitrogens with two attached hydrogens (primary N) is 1. The predicted octanol–water partition coefficient (Wildman–Crippen LogP) is 1.42. The Morgan fingerprint density at radius 2 is 1.86 bits per heavy atom. The molecular weight excluding hydrogens is 266 g/mol. The van der Waals surface area contributed by atoms with Gasteiger partial charge in [0.05, 0.1) is 0 Å². The van der Waals surface area contributed by atoms with Crippen LogP contribution in [0.5, 0.6) is 0 Å². The maximum Gasteiger partial charge on any atom is 0.241 e. The second kappa shape index (κ2) is 8.42. The van der Waals surface area contributed by atoms with Crippen molar-refractivity contribution in [1.29, 1.82) is 0 Å². The molecule has 0 bridgehead atoms. The highest BCUT2D eigenvalue weighted by molar-refractivity contribution is 5.83. The van der Waals surface area contributed by atoms with Gasteiger partial charge in [0.15, 0.2) is 0 Å². The molecule has 0 heterocycles. The van der Waals surface area contributed by atoms with E-state index in [4.69, 9.17) is 5.73 Å². The van der Waals surface area contributed by atoms with Crippen molar-refractivity contribution in [3.63, 3.8) is 0 Å². The highest BCUT2D eigenvalue weighted by Crippen LogP contribution is 2.11. The first kappa shape index (κ1) is 17.2. The zero-order valence-corrected chi connectivity index (χ0v) is 13.0. The predicted molar refractivity (Wildman–Crippen MR) is 83.6 cm³/mol. The van der Waals surface area contributed by atoms with E-state index in [-0.39, 0.29) is 24.3 Å². The summed E-state index contributed by atoms with van der Waals surface area (Å²) in [6.07, 6.45) is 1.15. The van der Waals surface area contributed by atoms with Crippen LogP contribution >= 0.6 is 0 Å². The van der Waals surface area contributed by atoms with Crippen LogP contribution in [0.2, 0.25) is 0 Å². The van der Waals surface area contributed by atoms with Crippen molar-refractivity contribution in [2.24, 2.45) is 5.73 Å². The van der Waals surface area contributed by atoms with Crippen LogP contribution in [-0.4, -0.2) is 24.4 Å². The molecule has 2 amide bonds. The molecule has 1 rings (SSSR count). The molecule has 0 aromatic heterocycles. The first-order valence-corrected chi connectivity index (χ1v) is 7.33. The molecule has 0 aliphatic carbocycles. The molecular formula is C16H25N3O2. The molecule has 116 valence electrons. The Kier molecular flexibility index (Phi) is 6.88. The molecule has 0 saturated carbocycles. The summed E-state index contributed by atoms with van der Waals surface area (Å²) in [5, 5.41) is 5.54. The summed E-state index contributed by atoms with van der Waals surface area (Å²) in [5.74, 6) is -0.330. The second-order valence-electron chi connectivity index (χ2n) is 5.31. The lowest BCUT2D eigenvalue weighted by molar-refractivity contribution is -0.123. The van der Waals surface area contributed by atoms with Crippen LogP contribution in [0.25, 0.3) is 0 Å². The average molecular weight is 291 g/mol. The number of amides is 2. The van der Waals surface area contributed by atoms with E-state index in [1.54, 1.807) is 0 Å². The lowest BCUT2D eigenvalue weighted by Gasteiger charge is -2.14. The third-order valence-corrected chi connectivity index (χ3v) is 3.39. The van der Waals surface area contributed by atoms with Gasteiger partial charge < -0.3 is 16.4 Å². The van der Waals surface area contributed by atoms with Crippen molar-refractivity contribution in [3.8, 4) is 0 Å². The summed E-state index contributed by atoms with van der Waals surface area (Å²) in [6.45, 7) is 6.23. The summed E-state index contributed by atoms with van der Waals surface area (Å²) in [5.41, 5.74) is 7.78. The molecule has 4 N–H and O–H groups in total. The normalized spacial score (nSPS) is 13.3. The average Bonchev–Trinajstić information content (AvgIpc) is 2.46. The van der Waals surface area contributed by atoms with Crippen molar-refractivity contribution in [3.05, 3.63) is 35.4 Å². The summed E-state index contributed by atoms with van der Waals surface area (Å²) in [6, 6.07) is 6.97. The molecule has 1 aromatic carbocycles. The van der Waals surface area contributed by atoms with Gasteiger partial charge in [0.2, 0.25) is 11.8 Å². The fourth-order valence-electron chi connectivity index (χ4n) is 1.78. The zero-order valence-electron chi connectivity index (χ0n) is 13.0. The fraction of sp³-hybridized carbons (Fsp3) is 0.500. The second-order valence-corrected chi connectivity index (χ2v) is 5.31. The number of rotatable bonds is 7. The van der Waals surface area contributed by atoms with Gasteiger partial charge in [-0.1, -0.05) is 36.8 Å². The first-order valence-electron chi connectivity index (χ1n) is 7.33. The number of hydrogen-bond donors (Lipinski definition) is 3. The smallest absolute Gasteiger partial charge is 0.241 e. The van der Waals surface area contributed by atoms with E-state index in [1.165, 1.54) is 0 Å². The molecule has 0 radical (unpaired) electrons. The van der Waals surface area contributed by atoms with Crippen LogP contribution in [0.4, 0.5) is 0 Å². The number of carbonyl (C=O) groups is 2. The van der Waals surface area contributed by atoms with E-state index in [9.17, 15) is 9.59 Å². The third-order valence-electron chi connectivity index (χ3n) is 3.39. The molecule has 21 heavy (non-hydrogen) atoms. The highest BCUT2D eigenvalue weighted by atomic mass is 16.2. The molecule has 5 heteroatoms. The molecule has 0 saturated heterocycles. The number of benzene rings is 1. The van der Waals surface area contributed by atoms with Crippen LogP contribution in [0.3, 0.4) is 0 Å². The van der Waals surface area contributed by atoms with Gasteiger partial charge in [-0.3, -0.25) is 9.59 Å². The van der Waals surface area contributed by atoms with Gasteiger partial charge in [-0.15, -0.1) is 0 Å². The Balaban J connectivity index is 2.36. The molecule has 2 unspecified atom stereocenters. The Morgan fingerprint density at radius 3 is 2.43 bits per heavy atom. The Labute approximate surface area is 126 Å². The lowest BCUT2D eigenvalue weighted by atomic mass is 10.1. The largest absolute Gasteiger partial charge is 0.354 e. The summed E-state index contributed by atoms with van der Waals surface area (Å²) < 4.78 is 0. The van der Waals surface area contributed by atoms with Gasteiger partial charge in [-0.25, -0.2) is 0 Å². The molecule has 0 fully saturated rings. The van der Waals surface area contributed by atoms with E-state index in [0.717, 1.165) is 17.5 Å². The van der Waals surface area contributed by atoms with E-state index < -0.39 is 6.04 Å². The molecule has 0 spiro atoms. The van der Waals surface area contributed by atoms with Crippen molar-refractivity contribution >= 4 is 11.8 Å². The third kappa shape index (κ3) is 5.95. The van der Waals surface area contributed by atoms with Gasteiger partial charge in [-0.05, 0) is 25.8 Å². The van der Waals surface area contributed by atoms with Crippen LogP contribution < -0.4 is 16.4 Å². The van der Waals surface area contributed by atoms with E-state index in [2.05, 4.69) is 10.6 Å². The number of carbonyl (C=O) groups excluding carboxylic acids is 2. The van der Waals surface area contributed by atoms with Crippen LogP contribution in [0, 0.1) is 6.92 Å². The topological polar surface area (TPSA) is 84.2 Å². The molecule has 1 aromatic rings. The highest BCUT2D eigenvalue weighted by Gasteiger charge is 2.15. The molecule has 2 atom stereocenters. The summed E-state index contributed by atoms with van der Waals surface area (Å²) in [7, 11) is 0. The van der Waals surface area contributed by atoms with E-state index >= 15 is 0 Å². The Hall–Kier alpha value is -1.88. The number of hydrogen-bond acceptors (Lipinski definition) is 3. The Bertz CT molecular complexity index is 471. The SMILES string of the molecule is CCC(C)NC(=O)CCNC(=O)C(N)c1ccc(C)cc1. The van der Waals surface area contributed by atoms with Gasteiger partial charge in [0, 0.05) is 19.0 Å². The maximum atomic E-state index is 11.9. The number of aryl methyl sites for hydroxylation is 1. The molecule has 5 nitrogen and oxygen atoms in total. The van der Waals surface area contributed by atoms with Gasteiger partial charge in [0.25, 0.3) is 0 Å². The van der Waals surface area contributed by atoms with E-state index in [1.807, 2.05) is 45.0 Å². The first-order chi connectivity index (χ1) is 9.93. The summed E-state index contributed by atoms with van der Waals surface area (Å²) >= 11 is 0. The standard InChI is InChI=1S/C16H25N3O2/c1-4-12(3)19-14(20)9-10-18-16(21)15(17)13-7-5-11(2)6-8-13/h5-8,12,15H,4,9-10,17H2,1-3H3,(H,18,21)(H,19,20). The van der Waals surface area contributed by atoms with Crippen molar-refractivity contribution in [1.82, 2.24) is 10.6 Å². The van der Waals surface area contributed by atoms with Crippen LogP contribution in [-0.2, 0) is 9.59 Å². The minimum atomic E-state index is -0.705. The van der Waals surface area contributed by atoms with Gasteiger partial charge in [-0.2, -0.15) is 0 Å². The Morgan fingerprint density at radius 1 is 1.24 bits per heavy atom. The summed E-state index contributed by atoms with van der Waals surface area (Å²) in [4.78, 5) is 23.5. The van der Waals surface area contributed by atoms with Gasteiger partial charge >= 0.3 is 0 Å². The quantitative estimate of drug-likeness (QED) is 0.710.